The van der Waals surface area contributed by atoms with Crippen LogP contribution in [0.25, 0.3) is 0 Å². The van der Waals surface area contributed by atoms with E-state index < -0.39 is 35.4 Å². The highest BCUT2D eigenvalue weighted by molar-refractivity contribution is 5.86. The van der Waals surface area contributed by atoms with Crippen LogP contribution in [0.3, 0.4) is 0 Å². The number of esters is 1. The molecule has 2 amide bonds. The summed E-state index contributed by atoms with van der Waals surface area (Å²) in [4.78, 5) is 42.7. The number of pyridine rings is 1. The highest BCUT2D eigenvalue weighted by Gasteiger charge is 2.25. The average Bonchev–Trinajstić information content (AvgIpc) is 2.84. The topological polar surface area (TPSA) is 107 Å². The van der Waals surface area contributed by atoms with E-state index >= 15 is 0 Å². The predicted molar refractivity (Wildman–Crippen MR) is 151 cm³/mol. The number of ether oxygens (including phenoxy) is 3. The summed E-state index contributed by atoms with van der Waals surface area (Å²) in [6, 6.07) is 12.8. The molecule has 1 N–H and O–H groups in total. The molecule has 0 saturated carbocycles. The molecule has 9 heteroatoms. The summed E-state index contributed by atoms with van der Waals surface area (Å²) in [7, 11) is 2.95. The Labute approximate surface area is 232 Å². The van der Waals surface area contributed by atoms with E-state index in [1.807, 2.05) is 57.2 Å². The lowest BCUT2D eigenvalue weighted by Crippen LogP contribution is -2.45. The van der Waals surface area contributed by atoms with Crippen LogP contribution in [-0.2, 0) is 38.3 Å². The average molecular weight is 542 g/mol. The van der Waals surface area contributed by atoms with Crippen LogP contribution in [-0.4, -0.2) is 54.5 Å². The van der Waals surface area contributed by atoms with Crippen LogP contribution in [0, 0.1) is 0 Å². The number of nitrogens with one attached hydrogen (secondary N) is 1. The van der Waals surface area contributed by atoms with Gasteiger partial charge in [0.25, 0.3) is 0 Å². The van der Waals surface area contributed by atoms with E-state index in [4.69, 9.17) is 14.2 Å². The number of methoxy groups -OCH3 is 1. The van der Waals surface area contributed by atoms with Crippen molar-refractivity contribution in [3.05, 3.63) is 59.3 Å². The molecular formula is C30H43N3O6. The van der Waals surface area contributed by atoms with Gasteiger partial charge in [0.05, 0.1) is 7.11 Å². The number of rotatable bonds is 10. The van der Waals surface area contributed by atoms with E-state index in [0.717, 1.165) is 36.9 Å². The molecule has 39 heavy (non-hydrogen) atoms. The summed E-state index contributed by atoms with van der Waals surface area (Å²) >= 11 is 0. The first-order valence-corrected chi connectivity index (χ1v) is 13.2. The zero-order valence-corrected chi connectivity index (χ0v) is 24.5. The summed E-state index contributed by atoms with van der Waals surface area (Å²) in [6.45, 7) is 10.8. The van der Waals surface area contributed by atoms with Gasteiger partial charge in [-0.05, 0) is 90.5 Å². The van der Waals surface area contributed by atoms with Crippen LogP contribution in [0.1, 0.15) is 71.2 Å². The number of amides is 2. The van der Waals surface area contributed by atoms with Crippen LogP contribution < -0.4 is 10.2 Å². The Hall–Kier alpha value is -3.62. The first-order valence-electron chi connectivity index (χ1n) is 13.2. The van der Waals surface area contributed by atoms with Gasteiger partial charge in [-0.3, -0.25) is 4.90 Å². The summed E-state index contributed by atoms with van der Waals surface area (Å²) in [5, 5.41) is 2.60. The second-order valence-electron chi connectivity index (χ2n) is 11.5. The van der Waals surface area contributed by atoms with E-state index in [1.165, 1.54) is 17.6 Å². The van der Waals surface area contributed by atoms with E-state index in [2.05, 4.69) is 10.3 Å². The Bertz CT molecular complexity index is 1100. The van der Waals surface area contributed by atoms with Gasteiger partial charge in [0.1, 0.15) is 23.1 Å². The molecule has 1 heterocycles. The maximum absolute atomic E-state index is 12.3. The monoisotopic (exact) mass is 541 g/mol. The normalized spacial score (nSPS) is 12.3. The molecule has 0 aliphatic heterocycles. The van der Waals surface area contributed by atoms with Gasteiger partial charge in [-0.2, -0.15) is 0 Å². The number of aryl methyl sites for hydroxylation is 2. The number of hydrogen-bond acceptors (Lipinski definition) is 7. The number of carbonyl (C=O) groups is 3. The van der Waals surface area contributed by atoms with Crippen molar-refractivity contribution in [1.29, 1.82) is 0 Å². The lowest BCUT2D eigenvalue weighted by atomic mass is 10.0. The van der Waals surface area contributed by atoms with Crippen molar-refractivity contribution in [3.8, 4) is 0 Å². The zero-order valence-electron chi connectivity index (χ0n) is 24.5. The van der Waals surface area contributed by atoms with E-state index in [-0.39, 0.29) is 0 Å². The molecule has 1 aromatic heterocycles. The number of nitrogens with zero attached hydrogens (tertiary/aromatic N) is 2. The van der Waals surface area contributed by atoms with Gasteiger partial charge in [0.2, 0.25) is 0 Å². The molecule has 1 aromatic carbocycles. The van der Waals surface area contributed by atoms with Gasteiger partial charge in [-0.1, -0.05) is 30.3 Å². The van der Waals surface area contributed by atoms with Crippen molar-refractivity contribution in [3.63, 3.8) is 0 Å². The lowest BCUT2D eigenvalue weighted by molar-refractivity contribution is -0.143. The van der Waals surface area contributed by atoms with Crippen molar-refractivity contribution in [2.75, 3.05) is 19.1 Å². The van der Waals surface area contributed by atoms with Gasteiger partial charge in [-0.25, -0.2) is 19.4 Å². The molecule has 0 aliphatic carbocycles. The quantitative estimate of drug-likeness (QED) is 0.236. The molecule has 2 aromatic rings. The van der Waals surface area contributed by atoms with Crippen molar-refractivity contribution >= 4 is 24.0 Å². The third-order valence-electron chi connectivity index (χ3n) is 5.59. The molecule has 0 aliphatic rings. The van der Waals surface area contributed by atoms with Gasteiger partial charge in [0, 0.05) is 19.2 Å². The largest absolute Gasteiger partial charge is 0.467 e. The minimum atomic E-state index is -0.840. The van der Waals surface area contributed by atoms with E-state index in [0.29, 0.717) is 12.2 Å². The number of anilines is 1. The van der Waals surface area contributed by atoms with Gasteiger partial charge in [-0.15, -0.1) is 0 Å². The number of benzene rings is 1. The molecule has 2 rings (SSSR count). The highest BCUT2D eigenvalue weighted by Crippen LogP contribution is 2.17. The SMILES string of the molecule is COC(=O)C(Cc1ccc(CCCCc2cccc(N(C)C(=O)OC(C)(C)C)n2)cc1)NC(=O)OC(C)(C)C. The minimum Gasteiger partial charge on any atom is -0.467 e. The van der Waals surface area contributed by atoms with Gasteiger partial charge >= 0.3 is 18.2 Å². The fraction of sp³-hybridized carbons (Fsp3) is 0.533. The third-order valence-corrected chi connectivity index (χ3v) is 5.59. The Kier molecular flexibility index (Phi) is 11.3. The van der Waals surface area contributed by atoms with Crippen LogP contribution in [0.4, 0.5) is 15.4 Å². The molecule has 0 fully saturated rings. The first-order chi connectivity index (χ1) is 18.2. The van der Waals surface area contributed by atoms with E-state index in [1.54, 1.807) is 33.9 Å². The summed E-state index contributed by atoms with van der Waals surface area (Å²) in [6.07, 6.45) is 2.81. The molecule has 0 spiro atoms. The van der Waals surface area contributed by atoms with Crippen LogP contribution in [0.2, 0.25) is 0 Å². The Balaban J connectivity index is 1.86. The van der Waals surface area contributed by atoms with Gasteiger partial charge in [0.15, 0.2) is 0 Å². The standard InChI is InChI=1S/C30H43N3O6/c1-29(2,3)38-27(35)32-24(26(34)37-8)20-22-18-16-21(17-19-22)12-9-10-13-23-14-11-15-25(31-23)33(7)28(36)39-30(4,5)6/h11,14-19,24H,9-10,12-13,20H2,1-8H3,(H,32,35). The number of alkyl carbamates (subject to hydrolysis) is 1. The number of hydrogen-bond donors (Lipinski definition) is 1. The molecule has 1 unspecified atom stereocenters. The molecule has 214 valence electrons. The summed E-state index contributed by atoms with van der Waals surface area (Å²) in [5.74, 6) is 0.0312. The Morgan fingerprint density at radius 1 is 0.872 bits per heavy atom. The number of unbranched alkanes of at least 4 members (excludes halogenated alkanes) is 1. The third kappa shape index (κ3) is 11.8. The maximum Gasteiger partial charge on any atom is 0.415 e. The smallest absolute Gasteiger partial charge is 0.415 e. The van der Waals surface area contributed by atoms with Crippen molar-refractivity contribution < 1.29 is 28.6 Å². The molecule has 9 nitrogen and oxygen atoms in total. The molecule has 0 saturated heterocycles. The summed E-state index contributed by atoms with van der Waals surface area (Å²) in [5.41, 5.74) is 1.77. The fourth-order valence-corrected chi connectivity index (χ4v) is 3.72. The lowest BCUT2D eigenvalue weighted by Gasteiger charge is -2.24. The zero-order chi connectivity index (χ0) is 29.2. The van der Waals surface area contributed by atoms with Crippen LogP contribution in [0.5, 0.6) is 0 Å². The van der Waals surface area contributed by atoms with Gasteiger partial charge < -0.3 is 19.5 Å². The fourth-order valence-electron chi connectivity index (χ4n) is 3.72. The van der Waals surface area contributed by atoms with Crippen LogP contribution >= 0.6 is 0 Å². The Morgan fingerprint density at radius 3 is 2.05 bits per heavy atom. The maximum atomic E-state index is 12.3. The first kappa shape index (κ1) is 31.6. The second kappa shape index (κ2) is 14.0. The molecule has 1 atom stereocenters. The molecule has 0 radical (unpaired) electrons. The number of aromatic nitrogens is 1. The minimum absolute atomic E-state index is 0.298. The molecule has 0 bridgehead atoms. The number of carbonyl (C=O) groups excluding carboxylic acids is 3. The highest BCUT2D eigenvalue weighted by atomic mass is 16.6. The Morgan fingerprint density at radius 2 is 1.46 bits per heavy atom. The van der Waals surface area contributed by atoms with E-state index in [9.17, 15) is 14.4 Å². The predicted octanol–water partition coefficient (Wildman–Crippen LogP) is 5.63. The van der Waals surface area contributed by atoms with Crippen LogP contribution in [0.15, 0.2) is 42.5 Å². The second-order valence-corrected chi connectivity index (χ2v) is 11.5. The van der Waals surface area contributed by atoms with Crippen molar-refractivity contribution in [2.45, 2.75) is 90.9 Å². The van der Waals surface area contributed by atoms with Crippen molar-refractivity contribution in [1.82, 2.24) is 10.3 Å². The van der Waals surface area contributed by atoms with Crippen molar-refractivity contribution in [2.24, 2.45) is 0 Å². The molecular weight excluding hydrogens is 498 g/mol. The summed E-state index contributed by atoms with van der Waals surface area (Å²) < 4.78 is 15.5.